The molecule has 0 fully saturated rings. The first kappa shape index (κ1) is 10.2. The van der Waals surface area contributed by atoms with Gasteiger partial charge in [0.05, 0.1) is 11.0 Å². The minimum Gasteiger partial charge on any atom is -0.389 e. The number of aliphatic hydroxyl groups excluding tert-OH is 1. The van der Waals surface area contributed by atoms with Crippen LogP contribution in [0, 0.1) is 0 Å². The summed E-state index contributed by atoms with van der Waals surface area (Å²) in [6.07, 6.45) is -0.602. The fourth-order valence-corrected chi connectivity index (χ4v) is 1.45. The molecular weight excluding hydrogens is 190 g/mol. The lowest BCUT2D eigenvalue weighted by Gasteiger charge is -2.04. The summed E-state index contributed by atoms with van der Waals surface area (Å²) in [5.74, 6) is 0. The quantitative estimate of drug-likeness (QED) is 0.726. The van der Waals surface area contributed by atoms with Crippen LogP contribution in [-0.4, -0.2) is 13.5 Å². The predicted octanol–water partition coefficient (Wildman–Crippen LogP) is 0.387. The van der Waals surface area contributed by atoms with Gasteiger partial charge in [0, 0.05) is 0 Å². The van der Waals surface area contributed by atoms with E-state index in [0.29, 0.717) is 5.56 Å². The SMILES string of the molecule is C[C@H](O)c1ccc(S(N)(=O)=O)cc1. The van der Waals surface area contributed by atoms with Crippen molar-refractivity contribution in [3.8, 4) is 0 Å². The molecule has 0 aliphatic rings. The fourth-order valence-electron chi connectivity index (χ4n) is 0.936. The molecule has 0 unspecified atom stereocenters. The average molecular weight is 201 g/mol. The summed E-state index contributed by atoms with van der Waals surface area (Å²) in [6, 6.07) is 5.81. The van der Waals surface area contributed by atoms with Crippen molar-refractivity contribution in [2.45, 2.75) is 17.9 Å². The van der Waals surface area contributed by atoms with Crippen molar-refractivity contribution in [1.82, 2.24) is 0 Å². The first-order valence-corrected chi connectivity index (χ1v) is 5.27. The van der Waals surface area contributed by atoms with E-state index in [1.165, 1.54) is 24.3 Å². The predicted molar refractivity (Wildman–Crippen MR) is 48.4 cm³/mol. The molecule has 5 heteroatoms. The molecule has 4 nitrogen and oxygen atoms in total. The molecule has 0 heterocycles. The van der Waals surface area contributed by atoms with E-state index < -0.39 is 16.1 Å². The molecule has 0 aliphatic carbocycles. The Hall–Kier alpha value is -0.910. The maximum Gasteiger partial charge on any atom is 0.238 e. The molecule has 1 rings (SSSR count). The van der Waals surface area contributed by atoms with Gasteiger partial charge in [0.2, 0.25) is 10.0 Å². The van der Waals surface area contributed by atoms with Gasteiger partial charge in [0.15, 0.2) is 0 Å². The minimum atomic E-state index is -3.63. The van der Waals surface area contributed by atoms with E-state index in [0.717, 1.165) is 0 Å². The number of benzene rings is 1. The normalized spacial score (nSPS) is 14.1. The van der Waals surface area contributed by atoms with Gasteiger partial charge in [-0.2, -0.15) is 0 Å². The minimum absolute atomic E-state index is 0.0527. The smallest absolute Gasteiger partial charge is 0.238 e. The molecule has 3 N–H and O–H groups in total. The van der Waals surface area contributed by atoms with Gasteiger partial charge in [-0.25, -0.2) is 13.6 Å². The van der Waals surface area contributed by atoms with Crippen molar-refractivity contribution in [2.24, 2.45) is 5.14 Å². The maximum absolute atomic E-state index is 10.8. The lowest BCUT2D eigenvalue weighted by molar-refractivity contribution is 0.199. The Labute approximate surface area is 77.1 Å². The van der Waals surface area contributed by atoms with Gasteiger partial charge < -0.3 is 5.11 Å². The van der Waals surface area contributed by atoms with E-state index in [1.54, 1.807) is 6.92 Å². The number of hydrogen-bond acceptors (Lipinski definition) is 3. The zero-order valence-electron chi connectivity index (χ0n) is 7.14. The molecular formula is C8H11NO3S. The van der Waals surface area contributed by atoms with Crippen molar-refractivity contribution in [2.75, 3.05) is 0 Å². The van der Waals surface area contributed by atoms with Crippen molar-refractivity contribution >= 4 is 10.0 Å². The number of nitrogens with two attached hydrogens (primary N) is 1. The van der Waals surface area contributed by atoms with Crippen LogP contribution in [0.2, 0.25) is 0 Å². The summed E-state index contributed by atoms with van der Waals surface area (Å²) >= 11 is 0. The first-order chi connectivity index (χ1) is 5.91. The Morgan fingerprint density at radius 1 is 1.31 bits per heavy atom. The topological polar surface area (TPSA) is 80.4 Å². The van der Waals surface area contributed by atoms with E-state index in [9.17, 15) is 8.42 Å². The second-order valence-corrected chi connectivity index (χ2v) is 4.35. The maximum atomic E-state index is 10.8. The number of sulfonamides is 1. The molecule has 1 aromatic rings. The largest absolute Gasteiger partial charge is 0.389 e. The lowest BCUT2D eigenvalue weighted by atomic mass is 10.1. The van der Waals surface area contributed by atoms with Crippen LogP contribution >= 0.6 is 0 Å². The Morgan fingerprint density at radius 2 is 1.77 bits per heavy atom. The average Bonchev–Trinajstić information content (AvgIpc) is 2.03. The van der Waals surface area contributed by atoms with E-state index in [4.69, 9.17) is 10.2 Å². The highest BCUT2D eigenvalue weighted by Crippen LogP contribution is 2.14. The van der Waals surface area contributed by atoms with Crippen molar-refractivity contribution in [3.63, 3.8) is 0 Å². The monoisotopic (exact) mass is 201 g/mol. The fraction of sp³-hybridized carbons (Fsp3) is 0.250. The lowest BCUT2D eigenvalue weighted by Crippen LogP contribution is -2.12. The van der Waals surface area contributed by atoms with Gasteiger partial charge >= 0.3 is 0 Å². The Morgan fingerprint density at radius 3 is 2.08 bits per heavy atom. The molecule has 0 spiro atoms. The summed E-state index contributed by atoms with van der Waals surface area (Å²) < 4.78 is 21.7. The van der Waals surface area contributed by atoms with E-state index in [-0.39, 0.29) is 4.90 Å². The standard InChI is InChI=1S/C8H11NO3S/c1-6(10)7-2-4-8(5-3-7)13(9,11)12/h2-6,10H,1H3,(H2,9,11,12)/t6-/m0/s1. The van der Waals surface area contributed by atoms with Gasteiger partial charge in [0.1, 0.15) is 0 Å². The third-order valence-corrected chi connectivity index (χ3v) is 2.62. The van der Waals surface area contributed by atoms with Crippen LogP contribution in [0.25, 0.3) is 0 Å². The highest BCUT2D eigenvalue weighted by Gasteiger charge is 2.07. The summed E-state index contributed by atoms with van der Waals surface area (Å²) in [5, 5.41) is 14.0. The van der Waals surface area contributed by atoms with Crippen LogP contribution in [-0.2, 0) is 10.0 Å². The van der Waals surface area contributed by atoms with Crippen LogP contribution < -0.4 is 5.14 Å². The summed E-state index contributed by atoms with van der Waals surface area (Å²) in [7, 11) is -3.63. The molecule has 0 aliphatic heterocycles. The molecule has 13 heavy (non-hydrogen) atoms. The molecule has 0 radical (unpaired) electrons. The number of hydrogen-bond donors (Lipinski definition) is 2. The Bertz CT molecular complexity index is 380. The molecule has 1 atom stereocenters. The Balaban J connectivity index is 3.08. The van der Waals surface area contributed by atoms with E-state index in [2.05, 4.69) is 0 Å². The highest BCUT2D eigenvalue weighted by atomic mass is 32.2. The third-order valence-electron chi connectivity index (χ3n) is 1.69. The van der Waals surface area contributed by atoms with Gasteiger partial charge in [-0.05, 0) is 24.6 Å². The van der Waals surface area contributed by atoms with Crippen molar-refractivity contribution in [3.05, 3.63) is 29.8 Å². The third kappa shape index (κ3) is 2.51. The number of rotatable bonds is 2. The van der Waals surface area contributed by atoms with Crippen molar-refractivity contribution < 1.29 is 13.5 Å². The van der Waals surface area contributed by atoms with Gasteiger partial charge in [-0.1, -0.05) is 12.1 Å². The summed E-state index contributed by atoms with van der Waals surface area (Å²) in [4.78, 5) is 0.0527. The van der Waals surface area contributed by atoms with E-state index >= 15 is 0 Å². The van der Waals surface area contributed by atoms with Crippen LogP contribution in [0.5, 0.6) is 0 Å². The summed E-state index contributed by atoms with van der Waals surface area (Å²) in [6.45, 7) is 1.60. The second kappa shape index (κ2) is 3.45. The van der Waals surface area contributed by atoms with Gasteiger partial charge in [0.25, 0.3) is 0 Å². The van der Waals surface area contributed by atoms with Gasteiger partial charge in [-0.3, -0.25) is 0 Å². The molecule has 72 valence electrons. The molecule has 0 amide bonds. The zero-order valence-corrected chi connectivity index (χ0v) is 7.95. The number of primary sulfonamides is 1. The summed E-state index contributed by atoms with van der Waals surface area (Å²) in [5.41, 5.74) is 0.660. The highest BCUT2D eigenvalue weighted by molar-refractivity contribution is 7.89. The molecule has 0 saturated carbocycles. The van der Waals surface area contributed by atoms with E-state index in [1.807, 2.05) is 0 Å². The Kier molecular flexibility index (Phi) is 2.70. The molecule has 0 saturated heterocycles. The van der Waals surface area contributed by atoms with Gasteiger partial charge in [-0.15, -0.1) is 0 Å². The van der Waals surface area contributed by atoms with Crippen molar-refractivity contribution in [1.29, 1.82) is 0 Å². The van der Waals surface area contributed by atoms with Crippen LogP contribution in [0.15, 0.2) is 29.2 Å². The molecule has 0 aromatic heterocycles. The molecule has 0 bridgehead atoms. The second-order valence-electron chi connectivity index (χ2n) is 2.79. The zero-order chi connectivity index (χ0) is 10.1. The molecule has 1 aromatic carbocycles. The van der Waals surface area contributed by atoms with Crippen LogP contribution in [0.4, 0.5) is 0 Å². The van der Waals surface area contributed by atoms with Crippen LogP contribution in [0.1, 0.15) is 18.6 Å². The first-order valence-electron chi connectivity index (χ1n) is 3.72. The number of aliphatic hydroxyl groups is 1. The van der Waals surface area contributed by atoms with Crippen LogP contribution in [0.3, 0.4) is 0 Å².